The molecular weight excluding hydrogens is 356 g/mol. The minimum atomic E-state index is -0.752. The zero-order valence-electron chi connectivity index (χ0n) is 12.6. The lowest BCUT2D eigenvalue weighted by Gasteiger charge is -2.11. The number of hydrogen-bond acceptors (Lipinski definition) is 6. The highest BCUT2D eigenvalue weighted by Gasteiger charge is 2.17. The van der Waals surface area contributed by atoms with Crippen molar-refractivity contribution >= 4 is 27.9 Å². The second-order valence-electron chi connectivity index (χ2n) is 3.88. The zero-order chi connectivity index (χ0) is 16.5. The second kappa shape index (κ2) is 9.09. The molecule has 1 aromatic carbocycles. The molecule has 0 saturated heterocycles. The molecule has 0 fully saturated rings. The third-order valence-electron chi connectivity index (χ3n) is 2.37. The number of halogens is 1. The molecule has 0 radical (unpaired) electrons. The van der Waals surface area contributed by atoms with Crippen LogP contribution in [0.4, 0.5) is 0 Å². The maximum Gasteiger partial charge on any atom is 0.374 e. The fourth-order valence-corrected chi connectivity index (χ4v) is 1.87. The first kappa shape index (κ1) is 18.0. The van der Waals surface area contributed by atoms with Gasteiger partial charge in [-0.05, 0) is 48.0 Å². The van der Waals surface area contributed by atoms with Gasteiger partial charge < -0.3 is 18.9 Å². The smallest absolute Gasteiger partial charge is 0.374 e. The van der Waals surface area contributed by atoms with Crippen molar-refractivity contribution in [3.05, 3.63) is 34.5 Å². The first-order valence-electron chi connectivity index (χ1n) is 6.58. The normalized spacial score (nSPS) is 10.8. The molecule has 0 aliphatic heterocycles. The molecule has 0 aromatic heterocycles. The number of ether oxygens (including phenoxy) is 4. The summed E-state index contributed by atoms with van der Waals surface area (Å²) >= 11 is 3.30. The summed E-state index contributed by atoms with van der Waals surface area (Å²) in [6.45, 7) is 3.67. The molecule has 0 unspecified atom stereocenters. The van der Waals surface area contributed by atoms with Gasteiger partial charge in [-0.15, -0.1) is 0 Å². The van der Waals surface area contributed by atoms with E-state index in [2.05, 4.69) is 15.9 Å². The van der Waals surface area contributed by atoms with Gasteiger partial charge in [0.05, 0.1) is 30.9 Å². The van der Waals surface area contributed by atoms with E-state index in [0.717, 1.165) is 6.08 Å². The highest BCUT2D eigenvalue weighted by molar-refractivity contribution is 9.10. The largest absolute Gasteiger partial charge is 0.497 e. The summed E-state index contributed by atoms with van der Waals surface area (Å²) in [5.41, 5.74) is 0. The van der Waals surface area contributed by atoms with Crippen molar-refractivity contribution in [3.63, 3.8) is 0 Å². The summed E-state index contributed by atoms with van der Waals surface area (Å²) in [7, 11) is 1.53. The molecule has 7 heteroatoms. The van der Waals surface area contributed by atoms with Crippen molar-refractivity contribution in [2.45, 2.75) is 13.8 Å². The molecule has 1 rings (SSSR count). The van der Waals surface area contributed by atoms with Crippen molar-refractivity contribution in [2.75, 3.05) is 20.3 Å². The first-order chi connectivity index (χ1) is 10.5. The third kappa shape index (κ3) is 5.40. The van der Waals surface area contributed by atoms with Crippen LogP contribution in [0.1, 0.15) is 13.8 Å². The van der Waals surface area contributed by atoms with E-state index in [1.54, 1.807) is 32.0 Å². The maximum atomic E-state index is 11.9. The highest BCUT2D eigenvalue weighted by Crippen LogP contribution is 2.30. The Balaban J connectivity index is 3.02. The van der Waals surface area contributed by atoms with Gasteiger partial charge in [-0.1, -0.05) is 0 Å². The minimum Gasteiger partial charge on any atom is -0.497 e. The Morgan fingerprint density at radius 3 is 2.41 bits per heavy atom. The predicted molar refractivity (Wildman–Crippen MR) is 82.7 cm³/mol. The van der Waals surface area contributed by atoms with Crippen LogP contribution in [0.15, 0.2) is 34.5 Å². The Hall–Kier alpha value is -2.02. The van der Waals surface area contributed by atoms with Gasteiger partial charge in [-0.2, -0.15) is 0 Å². The van der Waals surface area contributed by atoms with Crippen LogP contribution in [0.25, 0.3) is 0 Å². The van der Waals surface area contributed by atoms with E-state index in [1.165, 1.54) is 7.11 Å². The standard InChI is InChI=1S/C15H17BrO6/c1-4-20-14(17)9-13(15(18)21-5-2)22-12-7-6-10(19-3)8-11(12)16/h6-9H,4-5H2,1-3H3/b13-9-. The average molecular weight is 373 g/mol. The summed E-state index contributed by atoms with van der Waals surface area (Å²) in [4.78, 5) is 23.4. The van der Waals surface area contributed by atoms with E-state index in [1.807, 2.05) is 0 Å². The van der Waals surface area contributed by atoms with Gasteiger partial charge in [-0.3, -0.25) is 0 Å². The monoisotopic (exact) mass is 372 g/mol. The molecular formula is C15H17BrO6. The van der Waals surface area contributed by atoms with E-state index in [0.29, 0.717) is 16.0 Å². The van der Waals surface area contributed by atoms with Gasteiger partial charge in [-0.25, -0.2) is 9.59 Å². The van der Waals surface area contributed by atoms with E-state index >= 15 is 0 Å². The van der Waals surface area contributed by atoms with Crippen molar-refractivity contribution in [1.82, 2.24) is 0 Å². The van der Waals surface area contributed by atoms with Gasteiger partial charge >= 0.3 is 11.9 Å². The van der Waals surface area contributed by atoms with Crippen LogP contribution in [-0.4, -0.2) is 32.3 Å². The van der Waals surface area contributed by atoms with Crippen LogP contribution in [0.2, 0.25) is 0 Å². The summed E-state index contributed by atoms with van der Waals surface area (Å²) in [6.07, 6.45) is 0.957. The Bertz CT molecular complexity index is 567. The van der Waals surface area contributed by atoms with Crippen LogP contribution >= 0.6 is 15.9 Å². The van der Waals surface area contributed by atoms with E-state index < -0.39 is 11.9 Å². The summed E-state index contributed by atoms with van der Waals surface area (Å²) in [5, 5.41) is 0. The lowest BCUT2D eigenvalue weighted by Crippen LogP contribution is -2.15. The zero-order valence-corrected chi connectivity index (χ0v) is 14.1. The van der Waals surface area contributed by atoms with Gasteiger partial charge in [0, 0.05) is 0 Å². The summed E-state index contributed by atoms with van der Waals surface area (Å²) < 4.78 is 20.7. The van der Waals surface area contributed by atoms with Gasteiger partial charge in [0.2, 0.25) is 5.76 Å². The lowest BCUT2D eigenvalue weighted by atomic mass is 10.3. The number of esters is 2. The molecule has 0 N–H and O–H groups in total. The maximum absolute atomic E-state index is 11.9. The van der Waals surface area contributed by atoms with Crippen molar-refractivity contribution in [1.29, 1.82) is 0 Å². The Morgan fingerprint density at radius 1 is 1.18 bits per heavy atom. The molecule has 120 valence electrons. The van der Waals surface area contributed by atoms with Crippen LogP contribution < -0.4 is 9.47 Å². The fraction of sp³-hybridized carbons (Fsp3) is 0.333. The first-order valence-corrected chi connectivity index (χ1v) is 7.38. The lowest BCUT2D eigenvalue weighted by molar-refractivity contribution is -0.143. The molecule has 0 aliphatic carbocycles. The molecule has 6 nitrogen and oxygen atoms in total. The highest BCUT2D eigenvalue weighted by atomic mass is 79.9. The molecule has 1 aromatic rings. The summed E-state index contributed by atoms with van der Waals surface area (Å²) in [5.74, 6) is -0.740. The Labute approximate surface area is 137 Å². The Kier molecular flexibility index (Phi) is 7.45. The van der Waals surface area contributed by atoms with Crippen LogP contribution in [0.5, 0.6) is 11.5 Å². The number of hydrogen-bond donors (Lipinski definition) is 0. The molecule has 0 bridgehead atoms. The van der Waals surface area contributed by atoms with Crippen molar-refractivity contribution in [2.24, 2.45) is 0 Å². The van der Waals surface area contributed by atoms with E-state index in [9.17, 15) is 9.59 Å². The number of carbonyl (C=O) groups is 2. The van der Waals surface area contributed by atoms with Crippen molar-refractivity contribution in [3.8, 4) is 11.5 Å². The number of methoxy groups -OCH3 is 1. The molecule has 0 amide bonds. The number of rotatable bonds is 7. The molecule has 0 aliphatic rings. The molecule has 0 saturated carbocycles. The van der Waals surface area contributed by atoms with Crippen LogP contribution in [0.3, 0.4) is 0 Å². The van der Waals surface area contributed by atoms with E-state index in [4.69, 9.17) is 18.9 Å². The van der Waals surface area contributed by atoms with Crippen LogP contribution in [-0.2, 0) is 19.1 Å². The fourth-order valence-electron chi connectivity index (χ4n) is 1.43. The van der Waals surface area contributed by atoms with Gasteiger partial charge in [0.15, 0.2) is 0 Å². The van der Waals surface area contributed by atoms with Gasteiger partial charge in [0.1, 0.15) is 11.5 Å². The summed E-state index contributed by atoms with van der Waals surface area (Å²) in [6, 6.07) is 4.93. The molecule has 0 spiro atoms. The number of benzene rings is 1. The van der Waals surface area contributed by atoms with E-state index in [-0.39, 0.29) is 19.0 Å². The predicted octanol–water partition coefficient (Wildman–Crippen LogP) is 2.85. The topological polar surface area (TPSA) is 71.1 Å². The average Bonchev–Trinajstić information content (AvgIpc) is 2.48. The van der Waals surface area contributed by atoms with Crippen LogP contribution in [0, 0.1) is 0 Å². The minimum absolute atomic E-state index is 0.159. The number of carbonyl (C=O) groups excluding carboxylic acids is 2. The SMILES string of the molecule is CCOC(=O)/C=C(\Oc1ccc(OC)cc1Br)C(=O)OCC. The van der Waals surface area contributed by atoms with Gasteiger partial charge in [0.25, 0.3) is 0 Å². The molecule has 0 atom stereocenters. The van der Waals surface area contributed by atoms with Crippen molar-refractivity contribution < 1.29 is 28.5 Å². The quantitative estimate of drug-likeness (QED) is 0.416. The molecule has 22 heavy (non-hydrogen) atoms. The third-order valence-corrected chi connectivity index (χ3v) is 2.99. The Morgan fingerprint density at radius 2 is 1.86 bits per heavy atom. The molecule has 0 heterocycles. The second-order valence-corrected chi connectivity index (χ2v) is 4.73.